The molecule has 0 spiro atoms. The summed E-state index contributed by atoms with van der Waals surface area (Å²) in [5, 5.41) is 4.44. The van der Waals surface area contributed by atoms with E-state index in [1.807, 2.05) is 37.3 Å². The molecule has 0 unspecified atom stereocenters. The van der Waals surface area contributed by atoms with E-state index < -0.39 is 0 Å². The van der Waals surface area contributed by atoms with Gasteiger partial charge in [-0.05, 0) is 49.0 Å². The van der Waals surface area contributed by atoms with E-state index in [4.69, 9.17) is 5.73 Å². The van der Waals surface area contributed by atoms with Crippen LogP contribution in [0.25, 0.3) is 5.69 Å². The zero-order valence-electron chi connectivity index (χ0n) is 13.7. The zero-order valence-corrected chi connectivity index (χ0v) is 13.7. The summed E-state index contributed by atoms with van der Waals surface area (Å²) >= 11 is 0. The number of pyridine rings is 1. The summed E-state index contributed by atoms with van der Waals surface area (Å²) in [5.74, 6) is 0.475. The molecule has 0 atom stereocenters. The maximum atomic E-state index is 12.3. The predicted octanol–water partition coefficient (Wildman–Crippen LogP) is 2.53. The lowest BCUT2D eigenvalue weighted by Crippen LogP contribution is -2.20. The van der Waals surface area contributed by atoms with Crippen LogP contribution >= 0.6 is 0 Å². The SMILES string of the molecule is Cc1cccc(-n2ccc(=O)c(C(C=CN)=Nc3ccccn3)n2)c1. The molecular weight excluding hydrogens is 314 g/mol. The van der Waals surface area contributed by atoms with Gasteiger partial charge in [-0.1, -0.05) is 18.2 Å². The largest absolute Gasteiger partial charge is 0.405 e. The van der Waals surface area contributed by atoms with Gasteiger partial charge in [0.05, 0.1) is 11.4 Å². The number of rotatable bonds is 4. The molecule has 3 rings (SSSR count). The number of allylic oxidation sites excluding steroid dienone is 1. The lowest BCUT2D eigenvalue weighted by molar-refractivity contribution is 0.828. The van der Waals surface area contributed by atoms with Crippen molar-refractivity contribution in [3.05, 3.63) is 94.7 Å². The average Bonchev–Trinajstić information content (AvgIpc) is 2.63. The van der Waals surface area contributed by atoms with Gasteiger partial charge in [-0.2, -0.15) is 5.10 Å². The molecule has 0 saturated carbocycles. The molecule has 0 saturated heterocycles. The molecule has 0 aliphatic heterocycles. The Bertz CT molecular complexity index is 990. The average molecular weight is 331 g/mol. The number of aromatic nitrogens is 3. The van der Waals surface area contributed by atoms with E-state index in [1.165, 1.54) is 12.3 Å². The second kappa shape index (κ2) is 7.35. The number of aryl methyl sites for hydroxylation is 1. The van der Waals surface area contributed by atoms with Crippen molar-refractivity contribution in [2.45, 2.75) is 6.92 Å². The highest BCUT2D eigenvalue weighted by molar-refractivity contribution is 6.08. The third-order valence-corrected chi connectivity index (χ3v) is 3.46. The minimum Gasteiger partial charge on any atom is -0.405 e. The maximum Gasteiger partial charge on any atom is 0.209 e. The highest BCUT2D eigenvalue weighted by Gasteiger charge is 2.10. The molecule has 0 amide bonds. The standard InChI is InChI=1S/C19H17N5O/c1-14-5-4-6-15(13-14)24-12-9-17(25)19(23-24)16(8-10-20)22-18-7-2-3-11-21-18/h2-13H,20H2,1H3. The maximum absolute atomic E-state index is 12.3. The Morgan fingerprint density at radius 2 is 2.08 bits per heavy atom. The quantitative estimate of drug-likeness (QED) is 0.744. The van der Waals surface area contributed by atoms with Crippen LogP contribution in [-0.4, -0.2) is 20.5 Å². The molecule has 124 valence electrons. The molecule has 1 aromatic carbocycles. The lowest BCUT2D eigenvalue weighted by Gasteiger charge is -2.08. The first-order chi connectivity index (χ1) is 12.2. The smallest absolute Gasteiger partial charge is 0.209 e. The summed E-state index contributed by atoms with van der Waals surface area (Å²) in [6.45, 7) is 2.00. The van der Waals surface area contributed by atoms with Gasteiger partial charge in [-0.15, -0.1) is 0 Å². The van der Waals surface area contributed by atoms with Crippen LogP contribution in [0.15, 0.2) is 83.0 Å². The van der Waals surface area contributed by atoms with Crippen molar-refractivity contribution in [2.75, 3.05) is 0 Å². The predicted molar refractivity (Wildman–Crippen MR) is 98.3 cm³/mol. The third kappa shape index (κ3) is 3.87. The molecule has 3 aromatic rings. The summed E-state index contributed by atoms with van der Waals surface area (Å²) in [5.41, 5.74) is 7.80. The number of aliphatic imine (C=N–C) groups is 1. The van der Waals surface area contributed by atoms with Crippen LogP contribution in [-0.2, 0) is 0 Å². The monoisotopic (exact) mass is 331 g/mol. The van der Waals surface area contributed by atoms with Crippen molar-refractivity contribution in [2.24, 2.45) is 10.7 Å². The second-order valence-electron chi connectivity index (χ2n) is 5.36. The molecule has 2 aromatic heterocycles. The minimum absolute atomic E-state index is 0.205. The van der Waals surface area contributed by atoms with Crippen molar-refractivity contribution in [3.8, 4) is 5.69 Å². The fraction of sp³-hybridized carbons (Fsp3) is 0.0526. The van der Waals surface area contributed by atoms with Gasteiger partial charge in [-0.3, -0.25) is 4.79 Å². The second-order valence-corrected chi connectivity index (χ2v) is 5.36. The molecule has 6 heteroatoms. The van der Waals surface area contributed by atoms with Gasteiger partial charge in [0.25, 0.3) is 0 Å². The van der Waals surface area contributed by atoms with E-state index in [9.17, 15) is 4.79 Å². The Morgan fingerprint density at radius 1 is 1.20 bits per heavy atom. The van der Waals surface area contributed by atoms with Crippen LogP contribution in [0.4, 0.5) is 5.82 Å². The Morgan fingerprint density at radius 3 is 2.80 bits per heavy atom. The zero-order chi connectivity index (χ0) is 17.6. The first-order valence-electron chi connectivity index (χ1n) is 7.73. The van der Waals surface area contributed by atoms with E-state index in [1.54, 1.807) is 35.3 Å². The van der Waals surface area contributed by atoms with Gasteiger partial charge >= 0.3 is 0 Å². The molecule has 0 aliphatic carbocycles. The molecule has 0 radical (unpaired) electrons. The van der Waals surface area contributed by atoms with Crippen LogP contribution in [0.2, 0.25) is 0 Å². The Balaban J connectivity index is 2.12. The Hall–Kier alpha value is -3.54. The van der Waals surface area contributed by atoms with Crippen molar-refractivity contribution >= 4 is 11.5 Å². The van der Waals surface area contributed by atoms with Crippen molar-refractivity contribution in [3.63, 3.8) is 0 Å². The van der Waals surface area contributed by atoms with E-state index >= 15 is 0 Å². The number of hydrogen-bond acceptors (Lipinski definition) is 5. The minimum atomic E-state index is -0.239. The lowest BCUT2D eigenvalue weighted by atomic mass is 10.2. The summed E-state index contributed by atoms with van der Waals surface area (Å²) < 4.78 is 1.64. The van der Waals surface area contributed by atoms with E-state index in [0.29, 0.717) is 11.5 Å². The molecule has 2 N–H and O–H groups in total. The highest BCUT2D eigenvalue weighted by Crippen LogP contribution is 2.10. The van der Waals surface area contributed by atoms with Crippen molar-refractivity contribution < 1.29 is 0 Å². The summed E-state index contributed by atoms with van der Waals surface area (Å²) in [6.07, 6.45) is 6.13. The Kier molecular flexibility index (Phi) is 4.80. The summed E-state index contributed by atoms with van der Waals surface area (Å²) in [4.78, 5) is 20.9. The van der Waals surface area contributed by atoms with Gasteiger partial charge in [0.1, 0.15) is 0 Å². The summed E-state index contributed by atoms with van der Waals surface area (Å²) in [6, 6.07) is 14.7. The third-order valence-electron chi connectivity index (χ3n) is 3.46. The van der Waals surface area contributed by atoms with E-state index in [-0.39, 0.29) is 11.1 Å². The van der Waals surface area contributed by atoms with E-state index in [0.717, 1.165) is 11.3 Å². The molecule has 0 aliphatic rings. The van der Waals surface area contributed by atoms with Gasteiger partial charge < -0.3 is 5.73 Å². The topological polar surface area (TPSA) is 86.2 Å². The van der Waals surface area contributed by atoms with Crippen LogP contribution in [0.3, 0.4) is 0 Å². The molecular formula is C19H17N5O. The number of nitrogens with two attached hydrogens (primary N) is 1. The van der Waals surface area contributed by atoms with E-state index in [2.05, 4.69) is 15.1 Å². The normalized spacial score (nSPS) is 11.8. The van der Waals surface area contributed by atoms with Crippen LogP contribution in [0, 0.1) is 6.92 Å². The van der Waals surface area contributed by atoms with Gasteiger partial charge in [0.2, 0.25) is 5.43 Å². The first-order valence-corrected chi connectivity index (χ1v) is 7.73. The van der Waals surface area contributed by atoms with Gasteiger partial charge in [-0.25, -0.2) is 14.7 Å². The molecule has 0 fully saturated rings. The fourth-order valence-electron chi connectivity index (χ4n) is 2.30. The molecule has 0 bridgehead atoms. The number of benzene rings is 1. The number of hydrogen-bond donors (Lipinski definition) is 1. The fourth-order valence-corrected chi connectivity index (χ4v) is 2.30. The van der Waals surface area contributed by atoms with Crippen molar-refractivity contribution in [1.29, 1.82) is 0 Å². The van der Waals surface area contributed by atoms with Gasteiger partial charge in [0.15, 0.2) is 11.5 Å². The first kappa shape index (κ1) is 16.3. The molecule has 25 heavy (non-hydrogen) atoms. The van der Waals surface area contributed by atoms with Crippen LogP contribution in [0.5, 0.6) is 0 Å². The Labute approximate surface area is 145 Å². The van der Waals surface area contributed by atoms with Crippen LogP contribution in [0.1, 0.15) is 11.3 Å². The van der Waals surface area contributed by atoms with Crippen LogP contribution < -0.4 is 11.2 Å². The number of nitrogens with zero attached hydrogens (tertiary/aromatic N) is 4. The summed E-state index contributed by atoms with van der Waals surface area (Å²) in [7, 11) is 0. The highest BCUT2D eigenvalue weighted by atomic mass is 16.1. The van der Waals surface area contributed by atoms with Crippen molar-refractivity contribution in [1.82, 2.24) is 14.8 Å². The molecule has 2 heterocycles. The van der Waals surface area contributed by atoms with Gasteiger partial charge in [0, 0.05) is 18.5 Å². The molecule has 6 nitrogen and oxygen atoms in total.